The molecule has 1 amide bonds. The molecule has 1 aliphatic rings. The minimum atomic E-state index is -0.0649. The van der Waals surface area contributed by atoms with Gasteiger partial charge in [-0.3, -0.25) is 4.79 Å². The van der Waals surface area contributed by atoms with Crippen LogP contribution in [0.4, 0.5) is 0 Å². The number of hydrogen-bond acceptors (Lipinski definition) is 4. The molecule has 1 fully saturated rings. The highest BCUT2D eigenvalue weighted by Gasteiger charge is 2.14. The standard InChI is InChI=1S/C16H24N2O3/c1-20-14-4-3-13(11-15(14)21-2)16(19)18-10-7-12-5-8-17-9-6-12/h3-4,11-12,17H,5-10H2,1-2H3,(H,18,19). The van der Waals surface area contributed by atoms with Crippen molar-refractivity contribution in [1.29, 1.82) is 0 Å². The Bertz CT molecular complexity index is 471. The van der Waals surface area contributed by atoms with Gasteiger partial charge >= 0.3 is 0 Å². The van der Waals surface area contributed by atoms with Gasteiger partial charge in [0.1, 0.15) is 0 Å². The van der Waals surface area contributed by atoms with Crippen molar-refractivity contribution in [2.45, 2.75) is 19.3 Å². The van der Waals surface area contributed by atoms with E-state index in [-0.39, 0.29) is 5.91 Å². The smallest absolute Gasteiger partial charge is 0.251 e. The Hall–Kier alpha value is -1.75. The van der Waals surface area contributed by atoms with Crippen LogP contribution in [0.3, 0.4) is 0 Å². The van der Waals surface area contributed by atoms with Crippen LogP contribution in [0.2, 0.25) is 0 Å². The predicted octanol–water partition coefficient (Wildman–Crippen LogP) is 1.82. The molecule has 0 aromatic heterocycles. The molecule has 0 bridgehead atoms. The maximum atomic E-state index is 12.1. The molecule has 21 heavy (non-hydrogen) atoms. The number of piperidine rings is 1. The monoisotopic (exact) mass is 292 g/mol. The number of ether oxygens (including phenoxy) is 2. The fourth-order valence-electron chi connectivity index (χ4n) is 2.64. The molecule has 0 aliphatic carbocycles. The highest BCUT2D eigenvalue weighted by atomic mass is 16.5. The van der Waals surface area contributed by atoms with Crippen LogP contribution in [-0.4, -0.2) is 39.8 Å². The van der Waals surface area contributed by atoms with E-state index in [0.29, 0.717) is 17.1 Å². The van der Waals surface area contributed by atoms with Gasteiger partial charge in [-0.2, -0.15) is 0 Å². The number of carbonyl (C=O) groups is 1. The van der Waals surface area contributed by atoms with Crippen LogP contribution in [-0.2, 0) is 0 Å². The molecule has 116 valence electrons. The minimum absolute atomic E-state index is 0.0649. The molecule has 2 rings (SSSR count). The first kappa shape index (κ1) is 15.6. The van der Waals surface area contributed by atoms with E-state index in [4.69, 9.17) is 9.47 Å². The number of rotatable bonds is 6. The van der Waals surface area contributed by atoms with Gasteiger partial charge in [-0.25, -0.2) is 0 Å². The minimum Gasteiger partial charge on any atom is -0.493 e. The van der Waals surface area contributed by atoms with E-state index in [9.17, 15) is 4.79 Å². The Kier molecular flexibility index (Phi) is 5.87. The van der Waals surface area contributed by atoms with Gasteiger partial charge in [-0.15, -0.1) is 0 Å². The lowest BCUT2D eigenvalue weighted by molar-refractivity contribution is 0.0950. The fraction of sp³-hybridized carbons (Fsp3) is 0.562. The highest BCUT2D eigenvalue weighted by Crippen LogP contribution is 2.27. The van der Waals surface area contributed by atoms with E-state index in [1.165, 1.54) is 12.8 Å². The lowest BCUT2D eigenvalue weighted by atomic mass is 9.95. The van der Waals surface area contributed by atoms with Crippen molar-refractivity contribution in [3.63, 3.8) is 0 Å². The van der Waals surface area contributed by atoms with Crippen LogP contribution in [0.15, 0.2) is 18.2 Å². The summed E-state index contributed by atoms with van der Waals surface area (Å²) in [6, 6.07) is 5.21. The molecule has 0 spiro atoms. The Morgan fingerprint density at radius 2 is 1.95 bits per heavy atom. The number of amides is 1. The van der Waals surface area contributed by atoms with Gasteiger partial charge < -0.3 is 20.1 Å². The summed E-state index contributed by atoms with van der Waals surface area (Å²) in [6.07, 6.45) is 3.44. The summed E-state index contributed by atoms with van der Waals surface area (Å²) >= 11 is 0. The lowest BCUT2D eigenvalue weighted by Crippen LogP contribution is -2.31. The van der Waals surface area contributed by atoms with Gasteiger partial charge in [0.2, 0.25) is 0 Å². The highest BCUT2D eigenvalue weighted by molar-refractivity contribution is 5.94. The first-order valence-electron chi connectivity index (χ1n) is 7.45. The van der Waals surface area contributed by atoms with E-state index in [2.05, 4.69) is 10.6 Å². The second kappa shape index (κ2) is 7.88. The molecule has 0 radical (unpaired) electrons. The SMILES string of the molecule is COc1ccc(C(=O)NCCC2CCNCC2)cc1OC. The second-order valence-electron chi connectivity index (χ2n) is 5.31. The van der Waals surface area contributed by atoms with Gasteiger partial charge in [-0.1, -0.05) is 0 Å². The van der Waals surface area contributed by atoms with Crippen molar-refractivity contribution in [3.05, 3.63) is 23.8 Å². The molecule has 5 heteroatoms. The van der Waals surface area contributed by atoms with Crippen molar-refractivity contribution < 1.29 is 14.3 Å². The zero-order valence-corrected chi connectivity index (χ0v) is 12.8. The number of nitrogens with one attached hydrogen (secondary N) is 2. The number of benzene rings is 1. The third-order valence-electron chi connectivity index (χ3n) is 3.94. The van der Waals surface area contributed by atoms with Gasteiger partial charge in [0.25, 0.3) is 5.91 Å². The first-order valence-corrected chi connectivity index (χ1v) is 7.45. The molecular weight excluding hydrogens is 268 g/mol. The van der Waals surface area contributed by atoms with E-state index in [0.717, 1.165) is 32.0 Å². The average molecular weight is 292 g/mol. The largest absolute Gasteiger partial charge is 0.493 e. The van der Waals surface area contributed by atoms with Crippen molar-refractivity contribution in [1.82, 2.24) is 10.6 Å². The maximum absolute atomic E-state index is 12.1. The summed E-state index contributed by atoms with van der Waals surface area (Å²) in [4.78, 5) is 12.1. The van der Waals surface area contributed by atoms with E-state index in [1.54, 1.807) is 32.4 Å². The number of hydrogen-bond donors (Lipinski definition) is 2. The molecular formula is C16H24N2O3. The Balaban J connectivity index is 1.85. The van der Waals surface area contributed by atoms with Crippen LogP contribution in [0.1, 0.15) is 29.6 Å². The first-order chi connectivity index (χ1) is 10.2. The van der Waals surface area contributed by atoms with Crippen LogP contribution in [0, 0.1) is 5.92 Å². The molecule has 1 heterocycles. The summed E-state index contributed by atoms with van der Waals surface area (Å²) in [6.45, 7) is 2.90. The van der Waals surface area contributed by atoms with Gasteiger partial charge in [-0.05, 0) is 56.5 Å². The van der Waals surface area contributed by atoms with E-state index < -0.39 is 0 Å². The summed E-state index contributed by atoms with van der Waals surface area (Å²) in [5.41, 5.74) is 0.595. The third-order valence-corrected chi connectivity index (χ3v) is 3.94. The second-order valence-corrected chi connectivity index (χ2v) is 5.31. The Morgan fingerprint density at radius 3 is 2.62 bits per heavy atom. The van der Waals surface area contributed by atoms with Crippen molar-refractivity contribution >= 4 is 5.91 Å². The quantitative estimate of drug-likeness (QED) is 0.840. The third kappa shape index (κ3) is 4.36. The Morgan fingerprint density at radius 1 is 1.24 bits per heavy atom. The molecule has 1 aromatic rings. The molecule has 0 saturated carbocycles. The van der Waals surface area contributed by atoms with E-state index >= 15 is 0 Å². The Labute approximate surface area is 126 Å². The number of carbonyl (C=O) groups excluding carboxylic acids is 1. The van der Waals surface area contributed by atoms with Crippen LogP contribution in [0.5, 0.6) is 11.5 Å². The van der Waals surface area contributed by atoms with Crippen LogP contribution >= 0.6 is 0 Å². The van der Waals surface area contributed by atoms with Crippen LogP contribution in [0.25, 0.3) is 0 Å². The molecule has 1 saturated heterocycles. The zero-order valence-electron chi connectivity index (χ0n) is 12.8. The van der Waals surface area contributed by atoms with Gasteiger partial charge in [0, 0.05) is 12.1 Å². The molecule has 0 atom stereocenters. The van der Waals surface area contributed by atoms with E-state index in [1.807, 2.05) is 0 Å². The topological polar surface area (TPSA) is 59.6 Å². The van der Waals surface area contributed by atoms with Crippen LogP contribution < -0.4 is 20.1 Å². The molecule has 5 nitrogen and oxygen atoms in total. The van der Waals surface area contributed by atoms with Gasteiger partial charge in [0.05, 0.1) is 14.2 Å². The summed E-state index contributed by atoms with van der Waals surface area (Å²) in [7, 11) is 3.15. The summed E-state index contributed by atoms with van der Waals surface area (Å²) in [5, 5.41) is 6.33. The number of methoxy groups -OCH3 is 2. The molecule has 0 unspecified atom stereocenters. The summed E-state index contributed by atoms with van der Waals surface area (Å²) in [5.74, 6) is 1.86. The summed E-state index contributed by atoms with van der Waals surface area (Å²) < 4.78 is 10.4. The van der Waals surface area contributed by atoms with Crippen molar-refractivity contribution in [3.8, 4) is 11.5 Å². The maximum Gasteiger partial charge on any atom is 0.251 e. The lowest BCUT2D eigenvalue weighted by Gasteiger charge is -2.22. The predicted molar refractivity (Wildman–Crippen MR) is 82.1 cm³/mol. The van der Waals surface area contributed by atoms with Gasteiger partial charge in [0.15, 0.2) is 11.5 Å². The van der Waals surface area contributed by atoms with Crippen molar-refractivity contribution in [2.24, 2.45) is 5.92 Å². The normalized spacial score (nSPS) is 15.5. The molecule has 1 aliphatic heterocycles. The average Bonchev–Trinajstić information content (AvgIpc) is 2.55. The molecule has 2 N–H and O–H groups in total. The molecule has 1 aromatic carbocycles. The zero-order chi connectivity index (χ0) is 15.1. The van der Waals surface area contributed by atoms with Crippen molar-refractivity contribution in [2.75, 3.05) is 33.9 Å². The fourth-order valence-corrected chi connectivity index (χ4v) is 2.64.